The summed E-state index contributed by atoms with van der Waals surface area (Å²) in [5, 5.41) is 9.38. The first-order valence-electron chi connectivity index (χ1n) is 8.69. The van der Waals surface area contributed by atoms with E-state index >= 15 is 0 Å². The summed E-state index contributed by atoms with van der Waals surface area (Å²) >= 11 is 0. The molecule has 1 N–H and O–H groups in total. The minimum absolute atomic E-state index is 0.0796. The molecule has 144 valence electrons. The third-order valence-electron chi connectivity index (χ3n) is 4.24. The summed E-state index contributed by atoms with van der Waals surface area (Å²) in [6.45, 7) is 3.96. The zero-order valence-electron chi connectivity index (χ0n) is 15.6. The molecule has 0 saturated carbocycles. The molecule has 28 heavy (non-hydrogen) atoms. The molecule has 10 heteroatoms. The number of nitrogens with one attached hydrogen (secondary N) is 1. The van der Waals surface area contributed by atoms with Crippen molar-refractivity contribution in [2.75, 3.05) is 4.72 Å². The van der Waals surface area contributed by atoms with Gasteiger partial charge in [-0.25, -0.2) is 9.97 Å². The van der Waals surface area contributed by atoms with Gasteiger partial charge in [0.25, 0.3) is 16.0 Å². The zero-order valence-corrected chi connectivity index (χ0v) is 16.4. The van der Waals surface area contributed by atoms with Gasteiger partial charge < -0.3 is 0 Å². The lowest BCUT2D eigenvalue weighted by molar-refractivity contribution is 0.584. The van der Waals surface area contributed by atoms with E-state index < -0.39 is 10.0 Å². The highest BCUT2D eigenvalue weighted by molar-refractivity contribution is 7.92. The number of anilines is 1. The van der Waals surface area contributed by atoms with Crippen molar-refractivity contribution in [3.05, 3.63) is 54.5 Å². The van der Waals surface area contributed by atoms with Gasteiger partial charge in [0.15, 0.2) is 5.03 Å². The predicted octanol–water partition coefficient (Wildman–Crippen LogP) is 2.47. The fourth-order valence-corrected chi connectivity index (χ4v) is 4.30. The minimum Gasteiger partial charge on any atom is -0.262 e. The standard InChI is InChI=1S/C18H19N7O2S/c1-12(2)15-11-16(25(22-15)18-19-9-6-10-20-18)23-28(26,27)17-13-7-4-5-8-14(13)21-24(17)3/h4-12,23H,1-3H3. The van der Waals surface area contributed by atoms with E-state index in [1.54, 1.807) is 49.8 Å². The molecule has 0 aliphatic heterocycles. The van der Waals surface area contributed by atoms with E-state index in [0.29, 0.717) is 10.9 Å². The molecule has 0 aliphatic rings. The van der Waals surface area contributed by atoms with Crippen molar-refractivity contribution in [2.45, 2.75) is 24.8 Å². The molecule has 9 nitrogen and oxygen atoms in total. The van der Waals surface area contributed by atoms with E-state index in [2.05, 4.69) is 24.9 Å². The maximum Gasteiger partial charge on any atom is 0.280 e. The lowest BCUT2D eigenvalue weighted by Crippen LogP contribution is -2.19. The van der Waals surface area contributed by atoms with Crippen molar-refractivity contribution >= 4 is 26.7 Å². The first-order valence-corrected chi connectivity index (χ1v) is 10.2. The van der Waals surface area contributed by atoms with Gasteiger partial charge in [-0.3, -0.25) is 9.40 Å². The Morgan fingerprint density at radius 1 is 1.04 bits per heavy atom. The van der Waals surface area contributed by atoms with Crippen LogP contribution in [0.3, 0.4) is 0 Å². The van der Waals surface area contributed by atoms with Crippen LogP contribution in [-0.4, -0.2) is 37.9 Å². The lowest BCUT2D eigenvalue weighted by atomic mass is 10.1. The number of rotatable bonds is 5. The quantitative estimate of drug-likeness (QED) is 0.554. The van der Waals surface area contributed by atoms with Crippen molar-refractivity contribution in [1.82, 2.24) is 29.5 Å². The fraction of sp³-hybridized carbons (Fsp3) is 0.222. The summed E-state index contributed by atoms with van der Waals surface area (Å²) in [5.41, 5.74) is 1.33. The van der Waals surface area contributed by atoms with Gasteiger partial charge in [0, 0.05) is 30.9 Å². The van der Waals surface area contributed by atoms with Gasteiger partial charge >= 0.3 is 0 Å². The molecule has 0 amide bonds. The van der Waals surface area contributed by atoms with Crippen LogP contribution in [0.1, 0.15) is 25.5 Å². The molecular weight excluding hydrogens is 378 g/mol. The molecule has 0 aliphatic carbocycles. The van der Waals surface area contributed by atoms with Crippen LogP contribution in [0.15, 0.2) is 53.8 Å². The van der Waals surface area contributed by atoms with Crippen LogP contribution in [0.4, 0.5) is 5.82 Å². The first-order chi connectivity index (χ1) is 13.4. The number of hydrogen-bond donors (Lipinski definition) is 1. The Kier molecular flexibility index (Phi) is 4.34. The molecule has 1 aromatic carbocycles. The van der Waals surface area contributed by atoms with E-state index in [1.165, 1.54) is 9.36 Å². The Labute approximate surface area is 162 Å². The Balaban J connectivity index is 1.83. The van der Waals surface area contributed by atoms with Crippen LogP contribution in [0.2, 0.25) is 0 Å². The van der Waals surface area contributed by atoms with Crippen LogP contribution in [0, 0.1) is 0 Å². The topological polar surface area (TPSA) is 108 Å². The van der Waals surface area contributed by atoms with E-state index in [4.69, 9.17) is 0 Å². The molecule has 3 aromatic heterocycles. The third kappa shape index (κ3) is 3.11. The van der Waals surface area contributed by atoms with E-state index in [-0.39, 0.29) is 22.7 Å². The number of aromatic nitrogens is 6. The molecule has 4 aromatic rings. The Morgan fingerprint density at radius 2 is 1.75 bits per heavy atom. The molecule has 0 fully saturated rings. The summed E-state index contributed by atoms with van der Waals surface area (Å²) in [5.74, 6) is 0.646. The maximum atomic E-state index is 13.2. The van der Waals surface area contributed by atoms with Crippen molar-refractivity contribution in [3.63, 3.8) is 0 Å². The van der Waals surface area contributed by atoms with Gasteiger partial charge in [-0.2, -0.15) is 23.3 Å². The van der Waals surface area contributed by atoms with E-state index in [9.17, 15) is 8.42 Å². The molecule has 0 unspecified atom stereocenters. The van der Waals surface area contributed by atoms with Crippen molar-refractivity contribution in [2.24, 2.45) is 7.05 Å². The first kappa shape index (κ1) is 18.1. The Bertz CT molecular complexity index is 1240. The number of hydrogen-bond acceptors (Lipinski definition) is 6. The van der Waals surface area contributed by atoms with Crippen LogP contribution >= 0.6 is 0 Å². The highest BCUT2D eigenvalue weighted by atomic mass is 32.2. The monoisotopic (exact) mass is 397 g/mol. The lowest BCUT2D eigenvalue weighted by Gasteiger charge is -2.10. The van der Waals surface area contributed by atoms with Gasteiger partial charge in [0.05, 0.1) is 11.2 Å². The SMILES string of the molecule is CC(C)c1cc(NS(=O)(=O)c2c3ccccc3nn2C)n(-c2ncccn2)n1. The normalized spacial score (nSPS) is 12.0. The number of sulfonamides is 1. The summed E-state index contributed by atoms with van der Waals surface area (Å²) in [6, 6.07) is 10.5. The van der Waals surface area contributed by atoms with Crippen LogP contribution in [-0.2, 0) is 17.1 Å². The van der Waals surface area contributed by atoms with Gasteiger partial charge in [-0.1, -0.05) is 26.0 Å². The van der Waals surface area contributed by atoms with Crippen molar-refractivity contribution in [3.8, 4) is 5.95 Å². The van der Waals surface area contributed by atoms with Gasteiger partial charge in [-0.15, -0.1) is 0 Å². The highest BCUT2D eigenvalue weighted by Gasteiger charge is 2.26. The van der Waals surface area contributed by atoms with Gasteiger partial charge in [0.1, 0.15) is 5.82 Å². The van der Waals surface area contributed by atoms with Crippen LogP contribution in [0.5, 0.6) is 0 Å². The minimum atomic E-state index is -3.94. The second-order valence-corrected chi connectivity index (χ2v) is 8.22. The number of fused-ring (bicyclic) bond motifs is 1. The van der Waals surface area contributed by atoms with Gasteiger partial charge in [-0.05, 0) is 24.1 Å². The second-order valence-electron chi connectivity index (χ2n) is 6.62. The van der Waals surface area contributed by atoms with E-state index in [0.717, 1.165) is 5.69 Å². The van der Waals surface area contributed by atoms with E-state index in [1.807, 2.05) is 19.9 Å². The maximum absolute atomic E-state index is 13.2. The average molecular weight is 397 g/mol. The van der Waals surface area contributed by atoms with Crippen molar-refractivity contribution in [1.29, 1.82) is 0 Å². The summed E-state index contributed by atoms with van der Waals surface area (Å²) in [7, 11) is -2.33. The zero-order chi connectivity index (χ0) is 19.9. The Hall–Kier alpha value is -3.27. The fourth-order valence-electron chi connectivity index (χ4n) is 2.94. The molecule has 0 spiro atoms. The second kappa shape index (κ2) is 6.71. The predicted molar refractivity (Wildman–Crippen MR) is 105 cm³/mol. The molecule has 4 rings (SSSR count). The largest absolute Gasteiger partial charge is 0.280 e. The number of nitrogens with zero attached hydrogens (tertiary/aromatic N) is 6. The Morgan fingerprint density at radius 3 is 2.46 bits per heavy atom. The molecule has 3 heterocycles. The average Bonchev–Trinajstić information content (AvgIpc) is 3.22. The molecule has 0 saturated heterocycles. The summed E-state index contributed by atoms with van der Waals surface area (Å²) < 4.78 is 31.8. The molecule has 0 radical (unpaired) electrons. The number of aryl methyl sites for hydroxylation is 1. The summed E-state index contributed by atoms with van der Waals surface area (Å²) in [4.78, 5) is 8.36. The van der Waals surface area contributed by atoms with Gasteiger partial charge in [0.2, 0.25) is 0 Å². The highest BCUT2D eigenvalue weighted by Crippen LogP contribution is 2.26. The smallest absolute Gasteiger partial charge is 0.262 e. The molecular formula is C18H19N7O2S. The number of benzene rings is 1. The van der Waals surface area contributed by atoms with Crippen LogP contribution in [0.25, 0.3) is 16.9 Å². The third-order valence-corrected chi connectivity index (χ3v) is 5.71. The summed E-state index contributed by atoms with van der Waals surface area (Å²) in [6.07, 6.45) is 3.15. The molecule has 0 atom stereocenters. The van der Waals surface area contributed by atoms with Crippen LogP contribution < -0.4 is 4.72 Å². The van der Waals surface area contributed by atoms with Crippen molar-refractivity contribution < 1.29 is 8.42 Å². The molecule has 0 bridgehead atoms.